The second kappa shape index (κ2) is 7.74. The van der Waals surface area contributed by atoms with Gasteiger partial charge in [-0.15, -0.1) is 0 Å². The molecular weight excluding hydrogens is 332 g/mol. The molecule has 0 fully saturated rings. The van der Waals surface area contributed by atoms with Crippen LogP contribution in [0.15, 0.2) is 54.7 Å². The normalized spacial score (nSPS) is 10.5. The number of hydrogen-bond donors (Lipinski definition) is 1. The number of carbonyl (C=O) groups excluding carboxylic acids is 2. The van der Waals surface area contributed by atoms with Gasteiger partial charge >= 0.3 is 0 Å². The van der Waals surface area contributed by atoms with E-state index in [4.69, 9.17) is 9.47 Å². The predicted molar refractivity (Wildman–Crippen MR) is 98.7 cm³/mol. The van der Waals surface area contributed by atoms with Gasteiger partial charge < -0.3 is 19.4 Å². The van der Waals surface area contributed by atoms with Crippen LogP contribution in [0.4, 0.5) is 0 Å². The Labute approximate surface area is 151 Å². The Kier molecular flexibility index (Phi) is 5.22. The molecule has 0 radical (unpaired) electrons. The highest BCUT2D eigenvalue weighted by atomic mass is 16.5. The van der Waals surface area contributed by atoms with Crippen molar-refractivity contribution in [1.29, 1.82) is 0 Å². The van der Waals surface area contributed by atoms with E-state index in [0.29, 0.717) is 11.3 Å². The van der Waals surface area contributed by atoms with Crippen LogP contribution in [0.2, 0.25) is 0 Å². The number of Topliss-reactive ketones (excluding diaryl/α,β-unsaturated/α-hetero) is 1. The third-order valence-electron chi connectivity index (χ3n) is 4.06. The zero-order valence-corrected chi connectivity index (χ0v) is 14.7. The Hall–Kier alpha value is -3.28. The second-order valence-corrected chi connectivity index (χ2v) is 5.78. The lowest BCUT2D eigenvalue weighted by atomic mass is 10.1. The molecule has 0 atom stereocenters. The minimum absolute atomic E-state index is 0.237. The van der Waals surface area contributed by atoms with E-state index in [2.05, 4.69) is 5.32 Å². The Balaban J connectivity index is 1.55. The maximum atomic E-state index is 12.4. The van der Waals surface area contributed by atoms with Crippen molar-refractivity contribution >= 4 is 22.6 Å². The number of carbonyl (C=O) groups is 2. The average Bonchev–Trinajstić information content (AvgIpc) is 3.02. The van der Waals surface area contributed by atoms with Crippen LogP contribution in [-0.2, 0) is 11.8 Å². The highest BCUT2D eigenvalue weighted by Crippen LogP contribution is 2.20. The lowest BCUT2D eigenvalue weighted by Gasteiger charge is -2.08. The quantitative estimate of drug-likeness (QED) is 0.403. The van der Waals surface area contributed by atoms with Crippen LogP contribution in [0.3, 0.4) is 0 Å². The summed E-state index contributed by atoms with van der Waals surface area (Å²) in [5, 5.41) is 3.37. The van der Waals surface area contributed by atoms with Gasteiger partial charge in [0.15, 0.2) is 0 Å². The molecule has 0 unspecified atom stereocenters. The van der Waals surface area contributed by atoms with E-state index in [1.165, 1.54) is 0 Å². The highest BCUT2D eigenvalue weighted by molar-refractivity contribution is 6.45. The SMILES string of the molecule is COc1ccc(OCCNC(=O)C(=O)c2cn(C)c3ccccc23)cc1. The van der Waals surface area contributed by atoms with Crippen molar-refractivity contribution in [3.05, 3.63) is 60.3 Å². The Morgan fingerprint density at radius 1 is 1.04 bits per heavy atom. The van der Waals surface area contributed by atoms with Crippen LogP contribution >= 0.6 is 0 Å². The number of methoxy groups -OCH3 is 1. The van der Waals surface area contributed by atoms with Crippen LogP contribution < -0.4 is 14.8 Å². The molecule has 1 heterocycles. The third kappa shape index (κ3) is 3.69. The summed E-state index contributed by atoms with van der Waals surface area (Å²) < 4.78 is 12.4. The Morgan fingerprint density at radius 2 is 1.73 bits per heavy atom. The molecule has 3 rings (SSSR count). The van der Waals surface area contributed by atoms with Gasteiger partial charge in [-0.1, -0.05) is 18.2 Å². The van der Waals surface area contributed by atoms with E-state index in [1.807, 2.05) is 35.9 Å². The summed E-state index contributed by atoms with van der Waals surface area (Å²) in [5.41, 5.74) is 1.31. The number of nitrogens with zero attached hydrogens (tertiary/aromatic N) is 1. The van der Waals surface area contributed by atoms with E-state index in [-0.39, 0.29) is 13.2 Å². The molecular formula is C20H20N2O4. The Bertz CT molecular complexity index is 929. The van der Waals surface area contributed by atoms with Crippen LogP contribution in [0, 0.1) is 0 Å². The molecule has 0 aliphatic heterocycles. The van der Waals surface area contributed by atoms with Crippen molar-refractivity contribution in [2.75, 3.05) is 20.3 Å². The fourth-order valence-electron chi connectivity index (χ4n) is 2.73. The number of ether oxygens (including phenoxy) is 2. The van der Waals surface area contributed by atoms with Crippen LogP contribution in [-0.4, -0.2) is 36.5 Å². The first-order chi connectivity index (χ1) is 12.6. The smallest absolute Gasteiger partial charge is 0.292 e. The molecule has 0 aliphatic carbocycles. The number of fused-ring (bicyclic) bond motifs is 1. The molecule has 0 bridgehead atoms. The molecule has 6 heteroatoms. The molecule has 0 aliphatic rings. The van der Waals surface area contributed by atoms with Crippen molar-refractivity contribution in [2.45, 2.75) is 0 Å². The topological polar surface area (TPSA) is 69.6 Å². The summed E-state index contributed by atoms with van der Waals surface area (Å²) in [6, 6.07) is 14.6. The van der Waals surface area contributed by atoms with Crippen LogP contribution in [0.5, 0.6) is 11.5 Å². The number of ketones is 1. The van der Waals surface area contributed by atoms with E-state index < -0.39 is 11.7 Å². The van der Waals surface area contributed by atoms with E-state index in [9.17, 15) is 9.59 Å². The number of nitrogens with one attached hydrogen (secondary N) is 1. The van der Waals surface area contributed by atoms with Gasteiger partial charge in [0.2, 0.25) is 0 Å². The molecule has 26 heavy (non-hydrogen) atoms. The van der Waals surface area contributed by atoms with Crippen molar-refractivity contribution < 1.29 is 19.1 Å². The molecule has 0 saturated carbocycles. The minimum atomic E-state index is -0.639. The maximum Gasteiger partial charge on any atom is 0.292 e. The first kappa shape index (κ1) is 17.5. The summed E-state index contributed by atoms with van der Waals surface area (Å²) in [6.45, 7) is 0.502. The highest BCUT2D eigenvalue weighted by Gasteiger charge is 2.20. The molecule has 1 amide bonds. The van der Waals surface area contributed by atoms with Gasteiger partial charge in [0.25, 0.3) is 11.7 Å². The summed E-state index contributed by atoms with van der Waals surface area (Å²) in [7, 11) is 3.44. The van der Waals surface area contributed by atoms with E-state index in [1.54, 1.807) is 37.6 Å². The van der Waals surface area contributed by atoms with Crippen molar-refractivity contribution in [2.24, 2.45) is 7.05 Å². The van der Waals surface area contributed by atoms with Gasteiger partial charge in [-0.05, 0) is 30.3 Å². The van der Waals surface area contributed by atoms with Gasteiger partial charge in [0.1, 0.15) is 18.1 Å². The monoisotopic (exact) mass is 352 g/mol. The summed E-state index contributed by atoms with van der Waals surface area (Å²) in [5.74, 6) is 0.220. The number of hydrogen-bond acceptors (Lipinski definition) is 4. The number of amides is 1. The fraction of sp³-hybridized carbons (Fsp3) is 0.200. The molecule has 134 valence electrons. The van der Waals surface area contributed by atoms with Crippen molar-refractivity contribution in [3.63, 3.8) is 0 Å². The molecule has 3 aromatic rings. The maximum absolute atomic E-state index is 12.4. The largest absolute Gasteiger partial charge is 0.497 e. The fourth-order valence-corrected chi connectivity index (χ4v) is 2.73. The van der Waals surface area contributed by atoms with E-state index >= 15 is 0 Å². The lowest BCUT2D eigenvalue weighted by Crippen LogP contribution is -2.34. The molecule has 6 nitrogen and oxygen atoms in total. The van der Waals surface area contributed by atoms with Gasteiger partial charge in [-0.2, -0.15) is 0 Å². The molecule has 1 aromatic heterocycles. The summed E-state index contributed by atoms with van der Waals surface area (Å²) in [4.78, 5) is 24.6. The van der Waals surface area contributed by atoms with Gasteiger partial charge in [0, 0.05) is 24.1 Å². The van der Waals surface area contributed by atoms with Crippen LogP contribution in [0.1, 0.15) is 10.4 Å². The number of aromatic nitrogens is 1. The number of para-hydroxylation sites is 1. The third-order valence-corrected chi connectivity index (χ3v) is 4.06. The summed E-state index contributed by atoms with van der Waals surface area (Å²) >= 11 is 0. The number of aryl methyl sites for hydroxylation is 1. The first-order valence-electron chi connectivity index (χ1n) is 8.23. The van der Waals surface area contributed by atoms with Gasteiger partial charge in [0.05, 0.1) is 19.2 Å². The second-order valence-electron chi connectivity index (χ2n) is 5.78. The average molecular weight is 352 g/mol. The minimum Gasteiger partial charge on any atom is -0.497 e. The summed E-state index contributed by atoms with van der Waals surface area (Å²) in [6.07, 6.45) is 1.68. The number of rotatable bonds is 7. The number of benzene rings is 2. The van der Waals surface area contributed by atoms with Gasteiger partial charge in [-0.3, -0.25) is 9.59 Å². The molecule has 2 aromatic carbocycles. The van der Waals surface area contributed by atoms with Crippen molar-refractivity contribution in [1.82, 2.24) is 9.88 Å². The van der Waals surface area contributed by atoms with Crippen molar-refractivity contribution in [3.8, 4) is 11.5 Å². The standard InChI is InChI=1S/C20H20N2O4/c1-22-13-17(16-5-3-4-6-18(16)22)19(23)20(24)21-11-12-26-15-9-7-14(25-2)8-10-15/h3-10,13H,11-12H2,1-2H3,(H,21,24). The zero-order valence-electron chi connectivity index (χ0n) is 14.7. The van der Waals surface area contributed by atoms with Crippen LogP contribution in [0.25, 0.3) is 10.9 Å². The first-order valence-corrected chi connectivity index (χ1v) is 8.23. The van der Waals surface area contributed by atoms with E-state index in [0.717, 1.165) is 16.7 Å². The molecule has 1 N–H and O–H groups in total. The molecule has 0 spiro atoms. The van der Waals surface area contributed by atoms with Gasteiger partial charge in [-0.25, -0.2) is 0 Å². The predicted octanol–water partition coefficient (Wildman–Crippen LogP) is 2.56. The Morgan fingerprint density at radius 3 is 2.46 bits per heavy atom. The molecule has 0 saturated heterocycles. The lowest BCUT2D eigenvalue weighted by molar-refractivity contribution is -0.117. The zero-order chi connectivity index (χ0) is 18.5.